The van der Waals surface area contributed by atoms with Gasteiger partial charge in [-0.1, -0.05) is 75.1 Å². The number of pyridine rings is 8. The summed E-state index contributed by atoms with van der Waals surface area (Å²) in [4.78, 5) is 61.4. The third kappa shape index (κ3) is 22.8. The zero-order chi connectivity index (χ0) is 85.1. The second kappa shape index (κ2) is 42.3. The fraction of sp³-hybridized carbons (Fsp3) is 0.506. The Bertz CT molecular complexity index is 4270. The van der Waals surface area contributed by atoms with Gasteiger partial charge in [0.1, 0.15) is 0 Å². The normalized spacial score (nSPS) is 29.6. The second-order valence-corrected chi connectivity index (χ2v) is 45.5. The standard InChI is InChI=1S/C11H14N3OP.2C11H16N3P.4C10H13BrN3P.C5H3Br2N.C5H11N2P/c15-7-8-1-9(4-12-3-8)13-5-11-2-10(13)6-14(11)16;2*1-8-2-9(5-12-4-8)13-6-11-3-10(13)7-14(11)15;4*11-7-1-8(4-12-3-7)13-5-10-2-9(13)6-14(10)15;6-4-1-5(7)3-8-2-4;8-7-3-4-1-5(7)2-6-4/h1,3-4,7,10-11H,2,5-6,16H2;2*2,4-5,10-11H,3,6-7,15H2,1H3;4*1,3-4,9-10H,2,5-6,15H2;1-3H;4-6H,1-3,8H2. The highest BCUT2D eigenvalue weighted by Crippen LogP contribution is 2.44. The predicted molar refractivity (Wildman–Crippen MR) is 543 cm³/mol. The summed E-state index contributed by atoms with van der Waals surface area (Å²) in [7, 11) is 22.6. The SMILES string of the molecule is Brc1cncc(Br)c1.Cc1cncc(N2CC3CC2CN3P)c1.Cc1cncc(N2CC3CC2CN3P)c1.O=Cc1cncc(N2CC3CC2CN3P)c1.PN1CC2CC1CN2.PN1CC2CC1CN2c1cncc(Br)c1.PN1CC2CC1CN2c1cncc(Br)c1.PN1CC2CC1CN2c1cncc(Br)c1.PN1CC2CC1CN2c1cncc(Br)c1. The van der Waals surface area contributed by atoms with E-state index in [1.165, 1.54) is 123 Å². The highest BCUT2D eigenvalue weighted by Gasteiger charge is 2.48. The molecule has 0 radical (unpaired) electrons. The quantitative estimate of drug-likeness (QED) is 0.112. The Morgan fingerprint density at radius 2 is 0.484 bits per heavy atom. The molecular weight excluding hydrogens is 2080 g/mol. The Morgan fingerprint density at radius 1 is 0.262 bits per heavy atom. The number of hydrogen-bond donors (Lipinski definition) is 1. The van der Waals surface area contributed by atoms with Crippen LogP contribution in [-0.2, 0) is 0 Å². The van der Waals surface area contributed by atoms with Crippen molar-refractivity contribution in [2.45, 2.75) is 162 Å². The van der Waals surface area contributed by atoms with E-state index in [9.17, 15) is 4.79 Å². The molecule has 0 amide bonds. The van der Waals surface area contributed by atoms with Crippen molar-refractivity contribution in [3.8, 4) is 0 Å². The van der Waals surface area contributed by atoms with Crippen LogP contribution in [0.2, 0.25) is 0 Å². The van der Waals surface area contributed by atoms with Crippen LogP contribution in [0, 0.1) is 13.8 Å². The molecule has 25 nitrogen and oxygen atoms in total. The van der Waals surface area contributed by atoms with Gasteiger partial charge in [0.05, 0.1) is 83.2 Å². The van der Waals surface area contributed by atoms with Crippen LogP contribution in [0.1, 0.15) is 72.9 Å². The number of aldehydes is 1. The van der Waals surface area contributed by atoms with Gasteiger partial charge in [0, 0.05) is 290 Å². The zero-order valence-electron chi connectivity index (χ0n) is 68.7. The molecule has 24 heterocycles. The lowest BCUT2D eigenvalue weighted by atomic mass is 10.2. The smallest absolute Gasteiger partial charge is 0.151 e. The van der Waals surface area contributed by atoms with E-state index in [-0.39, 0.29) is 0 Å². The molecule has 0 spiro atoms. The first-order chi connectivity index (χ1) is 58.8. The molecule has 0 saturated carbocycles. The molecule has 0 aromatic carbocycles. The molecular formula is C83H112Br6N24OP8. The molecule has 0 aliphatic carbocycles. The molecule has 16 fully saturated rings. The zero-order valence-corrected chi connectivity index (χ0v) is 87.5. The number of aromatic nitrogens is 8. The van der Waals surface area contributed by atoms with Gasteiger partial charge in [-0.05, 0) is 220 Å². The lowest BCUT2D eigenvalue weighted by Crippen LogP contribution is -2.42. The summed E-state index contributed by atoms with van der Waals surface area (Å²) in [5.74, 6) is 0. The van der Waals surface area contributed by atoms with E-state index in [1.54, 1.807) is 18.6 Å². The number of piperazine rings is 8. The van der Waals surface area contributed by atoms with Gasteiger partial charge < -0.3 is 39.6 Å². The van der Waals surface area contributed by atoms with E-state index in [0.717, 1.165) is 142 Å². The van der Waals surface area contributed by atoms with Gasteiger partial charge in [0.25, 0.3) is 0 Å². The van der Waals surface area contributed by atoms with E-state index in [0.29, 0.717) is 78.1 Å². The Balaban J connectivity index is 0.000000103. The molecule has 39 heteroatoms. The Kier molecular flexibility index (Phi) is 32.2. The van der Waals surface area contributed by atoms with Crippen molar-refractivity contribution in [3.63, 3.8) is 0 Å². The number of rotatable bonds is 8. The van der Waals surface area contributed by atoms with Crippen LogP contribution in [0.3, 0.4) is 0 Å². The number of anilines is 7. The number of nitrogens with one attached hydrogen (secondary N) is 1. The number of halogens is 6. The molecule has 16 bridgehead atoms. The minimum atomic E-state index is 0.575. The van der Waals surface area contributed by atoms with Gasteiger partial charge in [-0.25, -0.2) is 0 Å². The predicted octanol–water partition coefficient (Wildman–Crippen LogP) is 13.9. The van der Waals surface area contributed by atoms with Crippen LogP contribution in [-0.4, -0.2) is 285 Å². The van der Waals surface area contributed by atoms with Crippen LogP contribution in [0.5, 0.6) is 0 Å². The van der Waals surface area contributed by atoms with E-state index in [1.807, 2.05) is 92.7 Å². The topological polar surface area (TPSA) is 181 Å². The van der Waals surface area contributed by atoms with Gasteiger partial charge in [0.2, 0.25) is 0 Å². The average molecular weight is 2190 g/mol. The lowest BCUT2D eigenvalue weighted by Gasteiger charge is -2.33. The third-order valence-electron chi connectivity index (χ3n) is 26.4. The van der Waals surface area contributed by atoms with Crippen molar-refractivity contribution >= 4 is 217 Å². The van der Waals surface area contributed by atoms with E-state index in [2.05, 4.69) is 338 Å². The van der Waals surface area contributed by atoms with Crippen molar-refractivity contribution in [1.29, 1.82) is 0 Å². The van der Waals surface area contributed by atoms with Crippen molar-refractivity contribution in [2.75, 3.05) is 139 Å². The van der Waals surface area contributed by atoms with Crippen molar-refractivity contribution < 1.29 is 4.79 Å². The van der Waals surface area contributed by atoms with E-state index in [4.69, 9.17) is 0 Å². The number of nitrogens with zero attached hydrogens (tertiary/aromatic N) is 23. The number of fused-ring (bicyclic) bond motifs is 16. The number of carbonyl (C=O) groups is 1. The Labute approximate surface area is 789 Å². The highest BCUT2D eigenvalue weighted by atomic mass is 79.9. The van der Waals surface area contributed by atoms with E-state index >= 15 is 0 Å². The molecule has 16 aliphatic heterocycles. The first kappa shape index (κ1) is 92.7. The van der Waals surface area contributed by atoms with Crippen LogP contribution in [0.15, 0.2) is 175 Å². The van der Waals surface area contributed by atoms with Crippen molar-refractivity contribution in [3.05, 3.63) is 191 Å². The summed E-state index contributed by atoms with van der Waals surface area (Å²) in [6, 6.07) is 28.1. The fourth-order valence-corrected chi connectivity index (χ4v) is 26.5. The van der Waals surface area contributed by atoms with Gasteiger partial charge >= 0.3 is 0 Å². The van der Waals surface area contributed by atoms with Gasteiger partial charge in [-0.15, -0.1) is 0 Å². The average Bonchev–Trinajstić information content (AvgIpc) is 1.63. The summed E-state index contributed by atoms with van der Waals surface area (Å²) >= 11 is 20.4. The summed E-state index contributed by atoms with van der Waals surface area (Å²) in [6.45, 7) is 22.6. The summed E-state index contributed by atoms with van der Waals surface area (Å²) < 4.78 is 25.2. The number of carbonyl (C=O) groups excluding carboxylic acids is 1. The number of hydrogen-bond acceptors (Lipinski definition) is 25. The highest BCUT2D eigenvalue weighted by molar-refractivity contribution is 9.11. The fourth-order valence-electron chi connectivity index (χ4n) is 20.4. The van der Waals surface area contributed by atoms with Crippen LogP contribution < -0.4 is 39.6 Å². The van der Waals surface area contributed by atoms with Gasteiger partial charge in [-0.3, -0.25) is 82.0 Å². The minimum Gasteiger partial charge on any atom is -0.364 e. The molecule has 122 heavy (non-hydrogen) atoms. The molecule has 24 rings (SSSR count). The van der Waals surface area contributed by atoms with Gasteiger partial charge in [-0.2, -0.15) is 0 Å². The maximum atomic E-state index is 10.7. The molecule has 16 saturated heterocycles. The first-order valence-electron chi connectivity index (χ1n) is 42.0. The van der Waals surface area contributed by atoms with E-state index < -0.39 is 0 Å². The molecule has 16 aliphatic rings. The van der Waals surface area contributed by atoms with Crippen LogP contribution >= 0.6 is 171 Å². The third-order valence-corrected chi connectivity index (χ3v) is 34.1. The molecule has 24 atom stereocenters. The first-order valence-corrected chi connectivity index (χ1v) is 50.9. The van der Waals surface area contributed by atoms with Crippen molar-refractivity contribution in [2.24, 2.45) is 0 Å². The minimum absolute atomic E-state index is 0.575. The van der Waals surface area contributed by atoms with Crippen LogP contribution in [0.25, 0.3) is 0 Å². The second-order valence-electron chi connectivity index (χ2n) is 34.7. The van der Waals surface area contributed by atoms with Crippen LogP contribution in [0.4, 0.5) is 39.8 Å². The Morgan fingerprint density at radius 3 is 0.656 bits per heavy atom. The summed E-state index contributed by atoms with van der Waals surface area (Å²) in [6.07, 6.45) is 41.1. The summed E-state index contributed by atoms with van der Waals surface area (Å²) in [5.41, 5.74) is 11.8. The largest absolute Gasteiger partial charge is 0.364 e. The molecule has 652 valence electrons. The van der Waals surface area contributed by atoms with Gasteiger partial charge in [0.15, 0.2) is 6.29 Å². The Hall–Kier alpha value is -2.57. The maximum Gasteiger partial charge on any atom is 0.151 e. The van der Waals surface area contributed by atoms with Crippen molar-refractivity contribution in [1.82, 2.24) is 82.6 Å². The molecule has 1 N–H and O–H groups in total. The molecule has 8 aromatic rings. The molecule has 8 aromatic heterocycles. The molecule has 24 unspecified atom stereocenters. The maximum absolute atomic E-state index is 10.7. The monoisotopic (exact) mass is 2180 g/mol. The number of aryl methyl sites for hydroxylation is 2. The lowest BCUT2D eigenvalue weighted by molar-refractivity contribution is 0.112. The summed E-state index contributed by atoms with van der Waals surface area (Å²) in [5, 5.41) is 3.43.